The Kier molecular flexibility index (Phi) is 7.98. The van der Waals surface area contributed by atoms with Crippen molar-refractivity contribution in [2.24, 2.45) is 4.99 Å². The molecule has 0 bridgehead atoms. The minimum atomic E-state index is -0.562. The Hall–Kier alpha value is -2.50. The van der Waals surface area contributed by atoms with E-state index in [0.717, 1.165) is 12.8 Å². The van der Waals surface area contributed by atoms with E-state index in [9.17, 15) is 9.59 Å². The molecule has 2 N–H and O–H groups in total. The molecule has 25 heavy (non-hydrogen) atoms. The maximum absolute atomic E-state index is 11.9. The van der Waals surface area contributed by atoms with Crippen LogP contribution in [0.5, 0.6) is 0 Å². The van der Waals surface area contributed by atoms with Crippen LogP contribution in [0.25, 0.3) is 0 Å². The number of carbonyl (C=O) groups is 2. The zero-order valence-electron chi connectivity index (χ0n) is 15.3. The number of hydrogen-bond acceptors (Lipinski definition) is 6. The molecular formula is C16H27N5O4. The number of piperidine rings is 1. The van der Waals surface area contributed by atoms with E-state index in [1.54, 1.807) is 27.7 Å². The Morgan fingerprint density at radius 3 is 2.72 bits per heavy atom. The van der Waals surface area contributed by atoms with Gasteiger partial charge in [0.05, 0.1) is 6.61 Å². The fraction of sp³-hybridized carbons (Fsp3) is 0.750. The minimum Gasteiger partial charge on any atom is -0.465 e. The molecule has 1 unspecified atom stereocenters. The van der Waals surface area contributed by atoms with Crippen molar-refractivity contribution in [1.29, 1.82) is 5.26 Å². The van der Waals surface area contributed by atoms with Gasteiger partial charge in [-0.3, -0.25) is 10.1 Å². The zero-order chi connectivity index (χ0) is 18.9. The van der Waals surface area contributed by atoms with Gasteiger partial charge in [-0.25, -0.2) is 9.79 Å². The molecule has 1 saturated heterocycles. The van der Waals surface area contributed by atoms with E-state index in [4.69, 9.17) is 14.7 Å². The maximum Gasteiger partial charge on any atom is 0.407 e. The van der Waals surface area contributed by atoms with Crippen LogP contribution >= 0.6 is 0 Å². The first kappa shape index (κ1) is 20.5. The number of nitriles is 1. The highest BCUT2D eigenvalue weighted by Crippen LogP contribution is 2.12. The highest BCUT2D eigenvalue weighted by Gasteiger charge is 2.26. The van der Waals surface area contributed by atoms with Crippen molar-refractivity contribution in [3.05, 3.63) is 0 Å². The highest BCUT2D eigenvalue weighted by molar-refractivity contribution is 5.84. The summed E-state index contributed by atoms with van der Waals surface area (Å²) in [4.78, 5) is 29.3. The molecule has 0 saturated carbocycles. The van der Waals surface area contributed by atoms with E-state index in [1.807, 2.05) is 11.1 Å². The summed E-state index contributed by atoms with van der Waals surface area (Å²) in [5.74, 6) is -0.161. The molecule has 0 aromatic carbocycles. The molecule has 0 radical (unpaired) electrons. The first-order valence-corrected chi connectivity index (χ1v) is 8.34. The van der Waals surface area contributed by atoms with E-state index in [0.29, 0.717) is 19.0 Å². The van der Waals surface area contributed by atoms with Gasteiger partial charge >= 0.3 is 12.1 Å². The standard InChI is InChI=1S/C16H27N5O4/c1-5-24-13(22)9-18-14(19-11-17)21-8-6-7-12(10-21)20-15(23)25-16(2,3)4/h12H,5-10H2,1-4H3,(H,18,19)(H,20,23). The van der Waals surface area contributed by atoms with Crippen LogP contribution in [0, 0.1) is 11.5 Å². The highest BCUT2D eigenvalue weighted by atomic mass is 16.6. The Balaban J connectivity index is 2.65. The quantitative estimate of drug-likeness (QED) is 0.254. The largest absolute Gasteiger partial charge is 0.465 e. The molecule has 0 aliphatic carbocycles. The van der Waals surface area contributed by atoms with Gasteiger partial charge in [-0.15, -0.1) is 0 Å². The predicted octanol–water partition coefficient (Wildman–Crippen LogP) is 0.965. The molecule has 1 heterocycles. The lowest BCUT2D eigenvalue weighted by molar-refractivity contribution is -0.141. The fourth-order valence-electron chi connectivity index (χ4n) is 2.38. The number of rotatable bonds is 4. The van der Waals surface area contributed by atoms with Crippen LogP contribution in [0.15, 0.2) is 4.99 Å². The smallest absolute Gasteiger partial charge is 0.407 e. The fourth-order valence-corrected chi connectivity index (χ4v) is 2.38. The maximum atomic E-state index is 11.9. The van der Waals surface area contributed by atoms with Crippen molar-refractivity contribution < 1.29 is 19.1 Å². The SMILES string of the molecule is CCOC(=O)CN=C(NC#N)N1CCCC(NC(=O)OC(C)(C)C)C1. The van der Waals surface area contributed by atoms with Gasteiger partial charge in [0.1, 0.15) is 12.1 Å². The molecule has 0 aromatic rings. The molecule has 9 heteroatoms. The van der Waals surface area contributed by atoms with Crippen molar-refractivity contribution in [2.75, 3.05) is 26.2 Å². The molecule has 0 aromatic heterocycles. The van der Waals surface area contributed by atoms with Crippen LogP contribution < -0.4 is 10.6 Å². The van der Waals surface area contributed by atoms with Crippen molar-refractivity contribution in [2.45, 2.75) is 52.2 Å². The molecule has 1 rings (SSSR count). The number of esters is 1. The number of ether oxygens (including phenoxy) is 2. The third-order valence-electron chi connectivity index (χ3n) is 3.27. The summed E-state index contributed by atoms with van der Waals surface area (Å²) in [5, 5.41) is 14.2. The summed E-state index contributed by atoms with van der Waals surface area (Å²) in [7, 11) is 0. The topological polar surface area (TPSA) is 116 Å². The first-order valence-electron chi connectivity index (χ1n) is 8.34. The second-order valence-electron chi connectivity index (χ2n) is 6.61. The van der Waals surface area contributed by atoms with Gasteiger partial charge in [0, 0.05) is 19.1 Å². The molecule has 1 aliphatic rings. The van der Waals surface area contributed by atoms with E-state index in [2.05, 4.69) is 15.6 Å². The number of amides is 1. The summed E-state index contributed by atoms with van der Waals surface area (Å²) in [5.41, 5.74) is -0.562. The van der Waals surface area contributed by atoms with Crippen molar-refractivity contribution in [3.8, 4) is 6.19 Å². The lowest BCUT2D eigenvalue weighted by atomic mass is 10.1. The Morgan fingerprint density at radius 1 is 1.40 bits per heavy atom. The molecule has 9 nitrogen and oxygen atoms in total. The van der Waals surface area contributed by atoms with Gasteiger partial charge in [-0.2, -0.15) is 5.26 Å². The lowest BCUT2D eigenvalue weighted by Crippen LogP contribution is -2.53. The number of hydrogen-bond donors (Lipinski definition) is 2. The van der Waals surface area contributed by atoms with Crippen molar-refractivity contribution in [1.82, 2.24) is 15.5 Å². The number of alkyl carbamates (subject to hydrolysis) is 1. The number of aliphatic imine (C=N–C) groups is 1. The van der Waals surface area contributed by atoms with Crippen LogP contribution in [0.4, 0.5) is 4.79 Å². The summed E-state index contributed by atoms with van der Waals surface area (Å²) in [6, 6.07) is -0.128. The third kappa shape index (κ3) is 8.24. The lowest BCUT2D eigenvalue weighted by Gasteiger charge is -2.34. The molecule has 1 atom stereocenters. The van der Waals surface area contributed by atoms with Crippen LogP contribution in [-0.4, -0.2) is 60.8 Å². The average Bonchev–Trinajstić information content (AvgIpc) is 2.50. The van der Waals surface area contributed by atoms with E-state index in [-0.39, 0.29) is 19.2 Å². The van der Waals surface area contributed by atoms with Gasteiger partial charge in [0.2, 0.25) is 5.96 Å². The summed E-state index contributed by atoms with van der Waals surface area (Å²) < 4.78 is 10.1. The number of carbonyl (C=O) groups excluding carboxylic acids is 2. The number of likely N-dealkylation sites (tertiary alicyclic amines) is 1. The zero-order valence-corrected chi connectivity index (χ0v) is 15.3. The second kappa shape index (κ2) is 9.71. The number of nitrogens with zero attached hydrogens (tertiary/aromatic N) is 3. The summed E-state index contributed by atoms with van der Waals surface area (Å²) in [6.07, 6.45) is 2.96. The van der Waals surface area contributed by atoms with Crippen molar-refractivity contribution >= 4 is 18.0 Å². The van der Waals surface area contributed by atoms with Gasteiger partial charge in [0.25, 0.3) is 0 Å². The van der Waals surface area contributed by atoms with Crippen LogP contribution in [0.2, 0.25) is 0 Å². The molecule has 1 aliphatic heterocycles. The van der Waals surface area contributed by atoms with Gasteiger partial charge in [-0.1, -0.05) is 0 Å². The normalized spacial score (nSPS) is 18.1. The molecule has 1 amide bonds. The molecule has 140 valence electrons. The molecule has 0 spiro atoms. The van der Waals surface area contributed by atoms with Crippen molar-refractivity contribution in [3.63, 3.8) is 0 Å². The summed E-state index contributed by atoms with van der Waals surface area (Å²) >= 11 is 0. The monoisotopic (exact) mass is 353 g/mol. The van der Waals surface area contributed by atoms with E-state index in [1.165, 1.54) is 0 Å². The Morgan fingerprint density at radius 2 is 2.12 bits per heavy atom. The third-order valence-corrected chi connectivity index (χ3v) is 3.27. The van der Waals surface area contributed by atoms with E-state index >= 15 is 0 Å². The minimum absolute atomic E-state index is 0.128. The predicted molar refractivity (Wildman–Crippen MR) is 91.6 cm³/mol. The number of nitrogens with one attached hydrogen (secondary N) is 2. The van der Waals surface area contributed by atoms with E-state index < -0.39 is 17.7 Å². The van der Waals surface area contributed by atoms with Crippen LogP contribution in [-0.2, 0) is 14.3 Å². The Labute approximate surface area is 148 Å². The van der Waals surface area contributed by atoms with Gasteiger partial charge in [0.15, 0.2) is 6.19 Å². The number of guanidine groups is 1. The van der Waals surface area contributed by atoms with Crippen LogP contribution in [0.1, 0.15) is 40.5 Å². The average molecular weight is 353 g/mol. The van der Waals surface area contributed by atoms with Gasteiger partial charge < -0.3 is 19.7 Å². The molecule has 1 fully saturated rings. The van der Waals surface area contributed by atoms with Gasteiger partial charge in [-0.05, 0) is 40.5 Å². The van der Waals surface area contributed by atoms with Crippen LogP contribution in [0.3, 0.4) is 0 Å². The Bertz CT molecular complexity index is 536. The summed E-state index contributed by atoms with van der Waals surface area (Å²) in [6.45, 7) is 8.37. The second-order valence-corrected chi connectivity index (χ2v) is 6.61. The molecular weight excluding hydrogens is 326 g/mol. The first-order chi connectivity index (χ1) is 11.7.